The number of rotatable bonds is 4. The molecule has 0 aromatic carbocycles. The highest BCUT2D eigenvalue weighted by molar-refractivity contribution is 9.10. The lowest BCUT2D eigenvalue weighted by atomic mass is 10.1. The molecule has 0 N–H and O–H groups in total. The molecular weight excluding hydrogens is 294 g/mol. The fourth-order valence-corrected chi connectivity index (χ4v) is 2.24. The second-order valence-electron chi connectivity index (χ2n) is 4.00. The highest BCUT2D eigenvalue weighted by Crippen LogP contribution is 2.22. The van der Waals surface area contributed by atoms with E-state index in [0.29, 0.717) is 12.0 Å². The first-order valence-corrected chi connectivity index (χ1v) is 6.57. The van der Waals surface area contributed by atoms with Gasteiger partial charge < -0.3 is 0 Å². The van der Waals surface area contributed by atoms with Crippen LogP contribution in [0.1, 0.15) is 28.7 Å². The van der Waals surface area contributed by atoms with Crippen LogP contribution in [0.3, 0.4) is 0 Å². The second-order valence-corrected chi connectivity index (χ2v) is 4.80. The molecular formula is C13H14BrN3O. The Kier molecular flexibility index (Phi) is 3.91. The number of hydrogen-bond acceptors (Lipinski definition) is 3. The Balaban J connectivity index is 2.27. The van der Waals surface area contributed by atoms with Gasteiger partial charge in [0.05, 0.1) is 22.3 Å². The van der Waals surface area contributed by atoms with E-state index in [2.05, 4.69) is 26.0 Å². The van der Waals surface area contributed by atoms with Crippen LogP contribution in [-0.4, -0.2) is 20.5 Å². The molecule has 0 unspecified atom stereocenters. The van der Waals surface area contributed by atoms with Gasteiger partial charge in [-0.2, -0.15) is 5.10 Å². The summed E-state index contributed by atoms with van der Waals surface area (Å²) in [5.41, 5.74) is 2.46. The van der Waals surface area contributed by atoms with Gasteiger partial charge in [-0.25, -0.2) is 0 Å². The van der Waals surface area contributed by atoms with Crippen molar-refractivity contribution in [1.29, 1.82) is 0 Å². The smallest absolute Gasteiger partial charge is 0.170 e. The Hall–Kier alpha value is -1.49. The summed E-state index contributed by atoms with van der Waals surface area (Å²) in [4.78, 5) is 16.1. The zero-order valence-electron chi connectivity index (χ0n) is 10.4. The third-order valence-corrected chi connectivity index (χ3v) is 3.80. The van der Waals surface area contributed by atoms with Crippen LogP contribution in [0.15, 0.2) is 29.0 Å². The summed E-state index contributed by atoms with van der Waals surface area (Å²) in [6, 6.07) is 3.55. The van der Waals surface area contributed by atoms with E-state index in [4.69, 9.17) is 0 Å². The SMILES string of the molecule is CCn1nc(C)c(Br)c1CC(=O)c1cccnc1. The number of halogens is 1. The number of ketones is 1. The van der Waals surface area contributed by atoms with Gasteiger partial charge in [0.25, 0.3) is 0 Å². The number of carbonyl (C=O) groups is 1. The average Bonchev–Trinajstić information content (AvgIpc) is 2.67. The van der Waals surface area contributed by atoms with Crippen molar-refractivity contribution in [3.8, 4) is 0 Å². The van der Waals surface area contributed by atoms with Crippen molar-refractivity contribution in [2.75, 3.05) is 0 Å². The highest BCUT2D eigenvalue weighted by atomic mass is 79.9. The van der Waals surface area contributed by atoms with Gasteiger partial charge in [-0.3, -0.25) is 14.5 Å². The molecule has 0 fully saturated rings. The van der Waals surface area contributed by atoms with Crippen molar-refractivity contribution in [3.05, 3.63) is 46.0 Å². The second kappa shape index (κ2) is 5.44. The molecule has 0 aliphatic carbocycles. The van der Waals surface area contributed by atoms with Gasteiger partial charge >= 0.3 is 0 Å². The van der Waals surface area contributed by atoms with Crippen molar-refractivity contribution in [1.82, 2.24) is 14.8 Å². The molecule has 0 aliphatic heterocycles. The van der Waals surface area contributed by atoms with Gasteiger partial charge in [0, 0.05) is 24.5 Å². The first-order valence-electron chi connectivity index (χ1n) is 5.78. The maximum absolute atomic E-state index is 12.1. The van der Waals surface area contributed by atoms with Crippen LogP contribution in [0.25, 0.3) is 0 Å². The van der Waals surface area contributed by atoms with E-state index in [1.165, 1.54) is 0 Å². The fourth-order valence-electron chi connectivity index (χ4n) is 1.82. The van der Waals surface area contributed by atoms with Crippen molar-refractivity contribution in [3.63, 3.8) is 0 Å². The molecule has 0 amide bonds. The largest absolute Gasteiger partial charge is 0.294 e. The van der Waals surface area contributed by atoms with Crippen LogP contribution in [-0.2, 0) is 13.0 Å². The lowest BCUT2D eigenvalue weighted by Gasteiger charge is -2.04. The zero-order valence-corrected chi connectivity index (χ0v) is 11.9. The lowest BCUT2D eigenvalue weighted by Crippen LogP contribution is -2.10. The Labute approximate surface area is 114 Å². The van der Waals surface area contributed by atoms with Crippen LogP contribution >= 0.6 is 15.9 Å². The number of hydrogen-bond donors (Lipinski definition) is 0. The standard InChI is InChI=1S/C13H14BrN3O/c1-3-17-11(13(14)9(2)16-17)7-12(18)10-5-4-6-15-8-10/h4-6,8H,3,7H2,1-2H3. The Morgan fingerprint density at radius 3 is 2.89 bits per heavy atom. The predicted octanol–water partition coefficient (Wildman–Crippen LogP) is 2.79. The summed E-state index contributed by atoms with van der Waals surface area (Å²) in [5, 5.41) is 4.38. The summed E-state index contributed by atoms with van der Waals surface area (Å²) in [7, 11) is 0. The molecule has 0 spiro atoms. The van der Waals surface area contributed by atoms with E-state index < -0.39 is 0 Å². The minimum absolute atomic E-state index is 0.0541. The molecule has 2 aromatic heterocycles. The van der Waals surface area contributed by atoms with Crippen LogP contribution < -0.4 is 0 Å². The molecule has 0 bridgehead atoms. The van der Waals surface area contributed by atoms with E-state index >= 15 is 0 Å². The number of aromatic nitrogens is 3. The van der Waals surface area contributed by atoms with Gasteiger partial charge in [-0.15, -0.1) is 0 Å². The number of aryl methyl sites for hydroxylation is 2. The minimum atomic E-state index is 0.0541. The Bertz CT molecular complexity index is 563. The Morgan fingerprint density at radius 1 is 1.50 bits per heavy atom. The maximum atomic E-state index is 12.1. The zero-order chi connectivity index (χ0) is 13.1. The van der Waals surface area contributed by atoms with Crippen molar-refractivity contribution in [2.45, 2.75) is 26.8 Å². The van der Waals surface area contributed by atoms with Crippen LogP contribution in [0.5, 0.6) is 0 Å². The topological polar surface area (TPSA) is 47.8 Å². The van der Waals surface area contributed by atoms with E-state index in [1.807, 2.05) is 18.5 Å². The van der Waals surface area contributed by atoms with Gasteiger partial charge in [0.2, 0.25) is 0 Å². The van der Waals surface area contributed by atoms with Gasteiger partial charge in [-0.1, -0.05) is 0 Å². The highest BCUT2D eigenvalue weighted by Gasteiger charge is 2.16. The Morgan fingerprint density at radius 2 is 2.28 bits per heavy atom. The van der Waals surface area contributed by atoms with Crippen LogP contribution in [0.4, 0.5) is 0 Å². The van der Waals surface area contributed by atoms with Crippen molar-refractivity contribution >= 4 is 21.7 Å². The van der Waals surface area contributed by atoms with Gasteiger partial charge in [0.1, 0.15) is 0 Å². The fraction of sp³-hybridized carbons (Fsp3) is 0.308. The number of Topliss-reactive ketones (excluding diaryl/α,β-unsaturated/α-hetero) is 1. The summed E-state index contributed by atoms with van der Waals surface area (Å²) >= 11 is 3.49. The van der Waals surface area contributed by atoms with E-state index in [0.717, 1.165) is 22.4 Å². The number of carbonyl (C=O) groups excluding carboxylic acids is 1. The molecule has 0 radical (unpaired) electrons. The molecule has 5 heteroatoms. The summed E-state index contributed by atoms with van der Waals surface area (Å²) in [6.07, 6.45) is 3.59. The van der Waals surface area contributed by atoms with E-state index in [-0.39, 0.29) is 5.78 Å². The monoisotopic (exact) mass is 307 g/mol. The van der Waals surface area contributed by atoms with Crippen LogP contribution in [0, 0.1) is 6.92 Å². The molecule has 0 aliphatic rings. The number of nitrogens with zero attached hydrogens (tertiary/aromatic N) is 3. The summed E-state index contributed by atoms with van der Waals surface area (Å²) < 4.78 is 2.77. The molecule has 4 nitrogen and oxygen atoms in total. The minimum Gasteiger partial charge on any atom is -0.294 e. The normalized spacial score (nSPS) is 10.6. The molecule has 0 saturated carbocycles. The lowest BCUT2D eigenvalue weighted by molar-refractivity contribution is 0.0990. The molecule has 0 atom stereocenters. The van der Waals surface area contributed by atoms with Crippen LogP contribution in [0.2, 0.25) is 0 Å². The molecule has 2 aromatic rings. The molecule has 2 rings (SSSR count). The summed E-state index contributed by atoms with van der Waals surface area (Å²) in [6.45, 7) is 4.69. The van der Waals surface area contributed by atoms with E-state index in [9.17, 15) is 4.79 Å². The average molecular weight is 308 g/mol. The maximum Gasteiger partial charge on any atom is 0.170 e. The van der Waals surface area contributed by atoms with E-state index in [1.54, 1.807) is 24.5 Å². The molecule has 2 heterocycles. The van der Waals surface area contributed by atoms with Crippen molar-refractivity contribution < 1.29 is 4.79 Å². The molecule has 94 valence electrons. The van der Waals surface area contributed by atoms with Crippen molar-refractivity contribution in [2.24, 2.45) is 0 Å². The number of pyridine rings is 1. The third-order valence-electron chi connectivity index (χ3n) is 2.76. The third kappa shape index (κ3) is 2.51. The summed E-state index contributed by atoms with van der Waals surface area (Å²) in [5.74, 6) is 0.0541. The predicted molar refractivity (Wildman–Crippen MR) is 72.6 cm³/mol. The first kappa shape index (κ1) is 13.0. The quantitative estimate of drug-likeness (QED) is 0.816. The van der Waals surface area contributed by atoms with Gasteiger partial charge in [-0.05, 0) is 41.9 Å². The van der Waals surface area contributed by atoms with Gasteiger partial charge in [0.15, 0.2) is 5.78 Å². The molecule has 18 heavy (non-hydrogen) atoms. The first-order chi connectivity index (χ1) is 8.63. The molecule has 0 saturated heterocycles.